The molecule has 26 heavy (non-hydrogen) atoms. The average Bonchev–Trinajstić information content (AvgIpc) is 2.60. The molecule has 0 fully saturated rings. The molecule has 1 unspecified atom stereocenters. The quantitative estimate of drug-likeness (QED) is 0.726. The fraction of sp³-hybridized carbons (Fsp3) is 0.409. The van der Waals surface area contributed by atoms with Crippen molar-refractivity contribution in [2.45, 2.75) is 53.2 Å². The van der Waals surface area contributed by atoms with Crippen LogP contribution in [0.25, 0.3) is 0 Å². The molecule has 0 heterocycles. The normalized spacial score (nSPS) is 12.1. The van der Waals surface area contributed by atoms with E-state index < -0.39 is 6.10 Å². The van der Waals surface area contributed by atoms with Crippen LogP contribution in [0, 0.1) is 6.92 Å². The van der Waals surface area contributed by atoms with Crippen molar-refractivity contribution in [3.05, 3.63) is 59.2 Å². The number of anilines is 1. The molecule has 1 atom stereocenters. The largest absolute Gasteiger partial charge is 0.481 e. The van der Waals surface area contributed by atoms with E-state index in [2.05, 4.69) is 43.5 Å². The molecule has 2 aromatic rings. The highest BCUT2D eigenvalue weighted by Gasteiger charge is 2.18. The Hall–Kier alpha value is -2.33. The third-order valence-corrected chi connectivity index (χ3v) is 4.30. The van der Waals surface area contributed by atoms with Gasteiger partial charge in [0, 0.05) is 12.2 Å². The van der Waals surface area contributed by atoms with Crippen LogP contribution in [0.5, 0.6) is 5.75 Å². The summed E-state index contributed by atoms with van der Waals surface area (Å²) in [6.07, 6.45) is -0.582. The first-order chi connectivity index (χ1) is 12.4. The van der Waals surface area contributed by atoms with Gasteiger partial charge < -0.3 is 15.4 Å². The number of ether oxygens (including phenoxy) is 1. The van der Waals surface area contributed by atoms with Gasteiger partial charge in [-0.25, -0.2) is 0 Å². The summed E-state index contributed by atoms with van der Waals surface area (Å²) in [5, 5.41) is 6.29. The van der Waals surface area contributed by atoms with Gasteiger partial charge in [-0.1, -0.05) is 51.1 Å². The molecule has 0 aliphatic heterocycles. The van der Waals surface area contributed by atoms with E-state index in [0.29, 0.717) is 5.92 Å². The zero-order valence-corrected chi connectivity index (χ0v) is 16.4. The van der Waals surface area contributed by atoms with Crippen molar-refractivity contribution in [3.63, 3.8) is 0 Å². The molecule has 0 spiro atoms. The smallest absolute Gasteiger partial charge is 0.265 e. The Morgan fingerprint density at radius 3 is 2.54 bits per heavy atom. The van der Waals surface area contributed by atoms with E-state index in [1.165, 1.54) is 0 Å². The van der Waals surface area contributed by atoms with E-state index in [9.17, 15) is 4.79 Å². The van der Waals surface area contributed by atoms with E-state index >= 15 is 0 Å². The van der Waals surface area contributed by atoms with E-state index in [1.54, 1.807) is 6.92 Å². The predicted octanol–water partition coefficient (Wildman–Crippen LogP) is 4.63. The van der Waals surface area contributed by atoms with Crippen molar-refractivity contribution in [1.29, 1.82) is 0 Å². The van der Waals surface area contributed by atoms with Crippen LogP contribution in [-0.4, -0.2) is 18.6 Å². The van der Waals surface area contributed by atoms with Crippen molar-refractivity contribution in [2.24, 2.45) is 0 Å². The van der Waals surface area contributed by atoms with Gasteiger partial charge >= 0.3 is 0 Å². The molecule has 0 saturated heterocycles. The molecule has 4 heteroatoms. The SMILES string of the molecule is CCNCc1ccccc1NC(=O)C(C)Oc1cc(C)ccc1C(C)C. The van der Waals surface area contributed by atoms with Crippen molar-refractivity contribution in [1.82, 2.24) is 5.32 Å². The minimum absolute atomic E-state index is 0.148. The van der Waals surface area contributed by atoms with Crippen molar-refractivity contribution >= 4 is 11.6 Å². The molecule has 2 rings (SSSR count). The van der Waals surface area contributed by atoms with Gasteiger partial charge in [-0.2, -0.15) is 0 Å². The second-order valence-electron chi connectivity index (χ2n) is 6.88. The number of nitrogens with one attached hydrogen (secondary N) is 2. The number of carbonyl (C=O) groups excluding carboxylic acids is 1. The maximum Gasteiger partial charge on any atom is 0.265 e. The van der Waals surface area contributed by atoms with Crippen LogP contribution in [-0.2, 0) is 11.3 Å². The number of benzene rings is 2. The predicted molar refractivity (Wildman–Crippen MR) is 108 cm³/mol. The van der Waals surface area contributed by atoms with Crippen LogP contribution < -0.4 is 15.4 Å². The van der Waals surface area contributed by atoms with Crippen molar-refractivity contribution < 1.29 is 9.53 Å². The summed E-state index contributed by atoms with van der Waals surface area (Å²) in [7, 11) is 0. The van der Waals surface area contributed by atoms with E-state index in [4.69, 9.17) is 4.74 Å². The number of para-hydroxylation sites is 1. The lowest BCUT2D eigenvalue weighted by molar-refractivity contribution is -0.122. The second kappa shape index (κ2) is 9.39. The third-order valence-electron chi connectivity index (χ3n) is 4.30. The first kappa shape index (κ1) is 20.0. The Bertz CT molecular complexity index is 741. The summed E-state index contributed by atoms with van der Waals surface area (Å²) in [4.78, 5) is 12.7. The molecule has 1 amide bonds. The Kier molecular flexibility index (Phi) is 7.22. The van der Waals surface area contributed by atoms with Gasteiger partial charge in [0.25, 0.3) is 5.91 Å². The van der Waals surface area contributed by atoms with E-state index in [1.807, 2.05) is 37.3 Å². The van der Waals surface area contributed by atoms with Gasteiger partial charge in [0.15, 0.2) is 6.10 Å². The van der Waals surface area contributed by atoms with E-state index in [0.717, 1.165) is 41.2 Å². The number of carbonyl (C=O) groups is 1. The van der Waals surface area contributed by atoms with Crippen LogP contribution in [0.4, 0.5) is 5.69 Å². The topological polar surface area (TPSA) is 50.4 Å². The molecule has 4 nitrogen and oxygen atoms in total. The minimum Gasteiger partial charge on any atom is -0.481 e. The lowest BCUT2D eigenvalue weighted by Crippen LogP contribution is -2.31. The van der Waals surface area contributed by atoms with Gasteiger partial charge in [-0.15, -0.1) is 0 Å². The van der Waals surface area contributed by atoms with Gasteiger partial charge in [0.1, 0.15) is 5.75 Å². The lowest BCUT2D eigenvalue weighted by atomic mass is 10.0. The number of rotatable bonds is 8. The van der Waals surface area contributed by atoms with Gasteiger partial charge in [-0.05, 0) is 55.1 Å². The highest BCUT2D eigenvalue weighted by molar-refractivity contribution is 5.94. The average molecular weight is 354 g/mol. The van der Waals surface area contributed by atoms with E-state index in [-0.39, 0.29) is 5.91 Å². The van der Waals surface area contributed by atoms with Gasteiger partial charge in [-0.3, -0.25) is 4.79 Å². The lowest BCUT2D eigenvalue weighted by Gasteiger charge is -2.20. The molecule has 0 bridgehead atoms. The number of amides is 1. The zero-order valence-electron chi connectivity index (χ0n) is 16.4. The molecule has 140 valence electrons. The number of hydrogen-bond donors (Lipinski definition) is 2. The maximum atomic E-state index is 12.7. The van der Waals surface area contributed by atoms with Crippen molar-refractivity contribution in [3.8, 4) is 5.75 Å². The molecule has 2 aromatic carbocycles. The summed E-state index contributed by atoms with van der Waals surface area (Å²) >= 11 is 0. The zero-order chi connectivity index (χ0) is 19.1. The minimum atomic E-state index is -0.582. The third kappa shape index (κ3) is 5.33. The summed E-state index contributed by atoms with van der Waals surface area (Å²) in [5.41, 5.74) is 4.12. The molecule has 0 radical (unpaired) electrons. The van der Waals surface area contributed by atoms with Crippen LogP contribution >= 0.6 is 0 Å². The van der Waals surface area contributed by atoms with Crippen LogP contribution in [0.2, 0.25) is 0 Å². The molecule has 2 N–H and O–H groups in total. The standard InChI is InChI=1S/C22H30N2O2/c1-6-23-14-18-9-7-8-10-20(18)24-22(25)17(5)26-21-13-16(4)11-12-19(21)15(2)3/h7-13,15,17,23H,6,14H2,1-5H3,(H,24,25). The van der Waals surface area contributed by atoms with Gasteiger partial charge in [0.05, 0.1) is 0 Å². The summed E-state index contributed by atoms with van der Waals surface area (Å²) in [5.74, 6) is 0.968. The highest BCUT2D eigenvalue weighted by atomic mass is 16.5. The monoisotopic (exact) mass is 354 g/mol. The van der Waals surface area contributed by atoms with Crippen LogP contribution in [0.1, 0.15) is 50.3 Å². The van der Waals surface area contributed by atoms with Crippen LogP contribution in [0.3, 0.4) is 0 Å². The number of hydrogen-bond acceptors (Lipinski definition) is 3. The fourth-order valence-corrected chi connectivity index (χ4v) is 2.76. The Balaban J connectivity index is 2.11. The fourth-order valence-electron chi connectivity index (χ4n) is 2.76. The first-order valence-corrected chi connectivity index (χ1v) is 9.29. The summed E-state index contributed by atoms with van der Waals surface area (Å²) in [6.45, 7) is 11.7. The Morgan fingerprint density at radius 1 is 1.12 bits per heavy atom. The number of aryl methyl sites for hydroxylation is 1. The van der Waals surface area contributed by atoms with Gasteiger partial charge in [0.2, 0.25) is 0 Å². The molecule has 0 aromatic heterocycles. The molecule has 0 aliphatic carbocycles. The molecule has 0 saturated carbocycles. The highest BCUT2D eigenvalue weighted by Crippen LogP contribution is 2.28. The van der Waals surface area contributed by atoms with Crippen molar-refractivity contribution in [2.75, 3.05) is 11.9 Å². The molecular weight excluding hydrogens is 324 g/mol. The Morgan fingerprint density at radius 2 is 1.85 bits per heavy atom. The summed E-state index contributed by atoms with van der Waals surface area (Å²) in [6, 6.07) is 14.0. The molecular formula is C22H30N2O2. The van der Waals surface area contributed by atoms with Crippen LogP contribution in [0.15, 0.2) is 42.5 Å². The maximum absolute atomic E-state index is 12.7. The molecule has 0 aliphatic rings. The Labute approximate surface area is 157 Å². The first-order valence-electron chi connectivity index (χ1n) is 9.29. The summed E-state index contributed by atoms with van der Waals surface area (Å²) < 4.78 is 6.01. The second-order valence-corrected chi connectivity index (χ2v) is 6.88.